The van der Waals surface area contributed by atoms with Gasteiger partial charge in [-0.3, -0.25) is 4.79 Å². The van der Waals surface area contributed by atoms with Crippen LogP contribution in [-0.2, 0) is 11.2 Å². The maximum absolute atomic E-state index is 13.8. The van der Waals surface area contributed by atoms with E-state index in [0.29, 0.717) is 17.3 Å². The van der Waals surface area contributed by atoms with Gasteiger partial charge < -0.3 is 15.6 Å². The van der Waals surface area contributed by atoms with Crippen molar-refractivity contribution >= 4 is 30.0 Å². The average Bonchev–Trinajstić information content (AvgIpc) is 2.64. The van der Waals surface area contributed by atoms with E-state index < -0.39 is 17.8 Å². The Morgan fingerprint density at radius 3 is 2.62 bits per heavy atom. The van der Waals surface area contributed by atoms with Crippen LogP contribution in [0.4, 0.5) is 4.39 Å². The monoisotopic (exact) mass is 438 g/mol. The summed E-state index contributed by atoms with van der Waals surface area (Å²) in [6.45, 7) is 0. The molecule has 0 saturated carbocycles. The van der Waals surface area contributed by atoms with Gasteiger partial charge in [-0.05, 0) is 36.4 Å². The predicted molar refractivity (Wildman–Crippen MR) is 108 cm³/mol. The number of aliphatic carboxylic acids is 1. The molecule has 10 heteroatoms. The molecule has 0 aliphatic carbocycles. The van der Waals surface area contributed by atoms with Crippen LogP contribution in [0.2, 0.25) is 5.02 Å². The third kappa shape index (κ3) is 6.35. The van der Waals surface area contributed by atoms with Crippen molar-refractivity contribution in [1.29, 1.82) is 0 Å². The van der Waals surface area contributed by atoms with Crippen LogP contribution in [0.3, 0.4) is 0 Å². The van der Waals surface area contributed by atoms with Crippen LogP contribution in [0, 0.1) is 5.82 Å². The number of pyridine rings is 1. The Kier molecular flexibility index (Phi) is 7.83. The van der Waals surface area contributed by atoms with Gasteiger partial charge in [-0.1, -0.05) is 11.6 Å². The van der Waals surface area contributed by atoms with E-state index in [1.54, 1.807) is 36.5 Å². The van der Waals surface area contributed by atoms with E-state index in [1.807, 2.05) is 0 Å². The van der Waals surface area contributed by atoms with Gasteiger partial charge in [0, 0.05) is 30.4 Å². The summed E-state index contributed by atoms with van der Waals surface area (Å²) in [5.74, 6) is -0.941. The molecule has 0 bridgehead atoms. The van der Waals surface area contributed by atoms with Gasteiger partial charge in [0.1, 0.15) is 11.6 Å². The van der Waals surface area contributed by atoms with Gasteiger partial charge in [0.2, 0.25) is 0 Å². The van der Waals surface area contributed by atoms with Crippen molar-refractivity contribution in [2.24, 2.45) is 5.73 Å². The summed E-state index contributed by atoms with van der Waals surface area (Å²) in [6, 6.07) is 9.11. The number of carbonyl (C=O) groups is 1. The lowest BCUT2D eigenvalue weighted by molar-refractivity contribution is -0.137. The van der Waals surface area contributed by atoms with Crippen molar-refractivity contribution in [2.75, 3.05) is 0 Å². The van der Waals surface area contributed by atoms with E-state index in [2.05, 4.69) is 15.0 Å². The predicted octanol–water partition coefficient (Wildman–Crippen LogP) is 3.89. The van der Waals surface area contributed by atoms with E-state index in [-0.39, 0.29) is 36.2 Å². The largest absolute Gasteiger partial charge is 0.481 e. The number of carboxylic acids is 1. The van der Waals surface area contributed by atoms with Crippen molar-refractivity contribution < 1.29 is 19.0 Å². The zero-order chi connectivity index (χ0) is 20.1. The fourth-order valence-corrected chi connectivity index (χ4v) is 2.62. The zero-order valence-corrected chi connectivity index (χ0v) is 16.5. The average molecular weight is 439 g/mol. The molecular formula is C19H17Cl2FN4O3. The molecule has 1 atom stereocenters. The van der Waals surface area contributed by atoms with Gasteiger partial charge >= 0.3 is 5.97 Å². The van der Waals surface area contributed by atoms with Crippen molar-refractivity contribution in [1.82, 2.24) is 15.0 Å². The van der Waals surface area contributed by atoms with E-state index in [0.717, 1.165) is 11.6 Å². The van der Waals surface area contributed by atoms with Crippen LogP contribution in [0.25, 0.3) is 11.3 Å². The molecular weight excluding hydrogens is 422 g/mol. The minimum Gasteiger partial charge on any atom is -0.481 e. The highest BCUT2D eigenvalue weighted by atomic mass is 35.5. The maximum atomic E-state index is 13.8. The molecule has 0 radical (unpaired) electrons. The first-order valence-corrected chi connectivity index (χ1v) is 8.67. The summed E-state index contributed by atoms with van der Waals surface area (Å²) < 4.78 is 19.2. The van der Waals surface area contributed by atoms with Gasteiger partial charge in [-0.25, -0.2) is 19.3 Å². The lowest BCUT2D eigenvalue weighted by Gasteiger charge is -2.09. The Labute approximate surface area is 177 Å². The molecule has 3 rings (SSSR count). The molecule has 2 heterocycles. The SMILES string of the molecule is Cl.N[C@H](CC(=O)O)Cc1nccc(-c2ccc(Oc3ncc(Cl)cc3F)cc2)n1. The van der Waals surface area contributed by atoms with Gasteiger partial charge in [0.05, 0.1) is 17.1 Å². The first-order valence-electron chi connectivity index (χ1n) is 8.29. The van der Waals surface area contributed by atoms with Crippen LogP contribution >= 0.6 is 24.0 Å². The van der Waals surface area contributed by atoms with Gasteiger partial charge in [-0.15, -0.1) is 12.4 Å². The minimum atomic E-state index is -0.967. The Morgan fingerprint density at radius 1 is 1.24 bits per heavy atom. The Hall–Kier alpha value is -2.81. The van der Waals surface area contributed by atoms with Crippen LogP contribution < -0.4 is 10.5 Å². The van der Waals surface area contributed by atoms with E-state index in [1.165, 1.54) is 6.20 Å². The number of carboxylic acid groups (broad SMARTS) is 1. The summed E-state index contributed by atoms with van der Waals surface area (Å²) in [7, 11) is 0. The second kappa shape index (κ2) is 10.1. The number of nitrogens with two attached hydrogens (primary N) is 1. The lowest BCUT2D eigenvalue weighted by Crippen LogP contribution is -2.27. The first-order chi connectivity index (χ1) is 13.4. The number of halogens is 3. The highest BCUT2D eigenvalue weighted by Crippen LogP contribution is 2.26. The van der Waals surface area contributed by atoms with Gasteiger partial charge in [0.25, 0.3) is 5.88 Å². The summed E-state index contributed by atoms with van der Waals surface area (Å²) in [5.41, 5.74) is 7.22. The number of nitrogens with zero attached hydrogens (tertiary/aromatic N) is 3. The molecule has 7 nitrogen and oxygen atoms in total. The van der Waals surface area contributed by atoms with Crippen LogP contribution in [0.5, 0.6) is 11.6 Å². The highest BCUT2D eigenvalue weighted by molar-refractivity contribution is 6.30. The van der Waals surface area contributed by atoms with Crippen LogP contribution in [-0.4, -0.2) is 32.1 Å². The number of hydrogen-bond acceptors (Lipinski definition) is 6. The van der Waals surface area contributed by atoms with E-state index in [4.69, 9.17) is 27.2 Å². The van der Waals surface area contributed by atoms with Gasteiger partial charge in [-0.2, -0.15) is 0 Å². The van der Waals surface area contributed by atoms with Crippen LogP contribution in [0.1, 0.15) is 12.2 Å². The molecule has 0 saturated heterocycles. The molecule has 0 fully saturated rings. The molecule has 0 aliphatic rings. The first kappa shape index (κ1) is 22.5. The molecule has 3 aromatic rings. The zero-order valence-electron chi connectivity index (χ0n) is 15.0. The fourth-order valence-electron chi connectivity index (χ4n) is 2.47. The quantitative estimate of drug-likeness (QED) is 0.575. The molecule has 1 aromatic carbocycles. The summed E-state index contributed by atoms with van der Waals surface area (Å²) in [5, 5.41) is 8.97. The molecule has 3 N–H and O–H groups in total. The molecule has 0 amide bonds. The molecule has 0 spiro atoms. The maximum Gasteiger partial charge on any atom is 0.304 e. The standard InChI is InChI=1S/C19H16ClFN4O3.ClH/c20-12-7-15(21)19(24-10-12)28-14-3-1-11(2-4-14)16-5-6-23-17(25-16)8-13(22)9-18(26)27;/h1-7,10,13H,8-9,22H2,(H,26,27);1H/t13-;/m0./s1. The summed E-state index contributed by atoms with van der Waals surface area (Å²) >= 11 is 5.67. The Morgan fingerprint density at radius 2 is 1.97 bits per heavy atom. The number of aromatic nitrogens is 3. The number of ether oxygens (including phenoxy) is 1. The Balaban J connectivity index is 0.00000300. The number of hydrogen-bond donors (Lipinski definition) is 2. The minimum absolute atomic E-state index is 0. The smallest absolute Gasteiger partial charge is 0.304 e. The lowest BCUT2D eigenvalue weighted by atomic mass is 10.1. The highest BCUT2D eigenvalue weighted by Gasteiger charge is 2.12. The Bertz CT molecular complexity index is 989. The number of benzene rings is 1. The second-order valence-corrected chi connectivity index (χ2v) is 6.42. The third-order valence-corrected chi connectivity index (χ3v) is 3.93. The molecule has 0 aliphatic heterocycles. The molecule has 2 aromatic heterocycles. The van der Waals surface area contributed by atoms with Crippen molar-refractivity contribution in [3.8, 4) is 22.9 Å². The fraction of sp³-hybridized carbons (Fsp3) is 0.158. The normalized spacial score (nSPS) is 11.4. The molecule has 0 unspecified atom stereocenters. The summed E-state index contributed by atoms with van der Waals surface area (Å²) in [6.07, 6.45) is 2.98. The molecule has 152 valence electrons. The summed E-state index contributed by atoms with van der Waals surface area (Å²) in [4.78, 5) is 23.1. The van der Waals surface area contributed by atoms with Crippen molar-refractivity contribution in [3.63, 3.8) is 0 Å². The topological polar surface area (TPSA) is 111 Å². The third-order valence-electron chi connectivity index (χ3n) is 3.73. The van der Waals surface area contributed by atoms with E-state index >= 15 is 0 Å². The van der Waals surface area contributed by atoms with Crippen LogP contribution in [0.15, 0.2) is 48.8 Å². The van der Waals surface area contributed by atoms with Gasteiger partial charge in [0.15, 0.2) is 5.82 Å². The second-order valence-electron chi connectivity index (χ2n) is 5.99. The van der Waals surface area contributed by atoms with E-state index in [9.17, 15) is 9.18 Å². The van der Waals surface area contributed by atoms with Crippen molar-refractivity contribution in [3.05, 3.63) is 65.5 Å². The number of rotatable bonds is 7. The van der Waals surface area contributed by atoms with Crippen molar-refractivity contribution in [2.45, 2.75) is 18.9 Å². The molecule has 29 heavy (non-hydrogen) atoms.